The lowest BCUT2D eigenvalue weighted by Gasteiger charge is -2.05. The first kappa shape index (κ1) is 9.23. The van der Waals surface area contributed by atoms with Crippen molar-refractivity contribution in [1.29, 1.82) is 0 Å². The topological polar surface area (TPSA) is 52.6 Å². The molecule has 0 aliphatic rings. The lowest BCUT2D eigenvalue weighted by atomic mass is 10.7. The number of methoxy groups -OCH3 is 1. The Hall–Kier alpha value is -0.770. The Kier molecular flexibility index (Phi) is 3.79. The fraction of sp³-hybridized carbons (Fsp3) is 0.600. The van der Waals surface area contributed by atoms with Gasteiger partial charge in [0.05, 0.1) is 7.11 Å². The second kappa shape index (κ2) is 4.11. The average molecular weight is 167 g/mol. The van der Waals surface area contributed by atoms with Crippen LogP contribution in [0.2, 0.25) is 0 Å². The second-order valence-electron chi connectivity index (χ2n) is 1.45. The second-order valence-corrected chi connectivity index (χ2v) is 1.85. The van der Waals surface area contributed by atoms with Crippen molar-refractivity contribution in [1.82, 2.24) is 0 Å². The van der Waals surface area contributed by atoms with E-state index in [-0.39, 0.29) is 0 Å². The van der Waals surface area contributed by atoms with Crippen molar-refractivity contribution in [2.75, 3.05) is 7.11 Å². The molecule has 0 bridgehead atoms. The predicted octanol–water partition coefficient (Wildman–Crippen LogP) is 0.287. The first-order chi connectivity index (χ1) is 4.57. The third kappa shape index (κ3) is 3.29. The number of alkyl halides is 1. The smallest absolute Gasteiger partial charge is 0.363 e. The van der Waals surface area contributed by atoms with Gasteiger partial charge in [-0.25, -0.2) is 4.79 Å². The van der Waals surface area contributed by atoms with Gasteiger partial charge in [-0.3, -0.25) is 4.79 Å². The molecule has 0 aromatic heterocycles. The van der Waals surface area contributed by atoms with Gasteiger partial charge in [0.25, 0.3) is 5.56 Å². The largest absolute Gasteiger partial charge is 0.465 e. The molecule has 0 rings (SSSR count). The summed E-state index contributed by atoms with van der Waals surface area (Å²) >= 11 is 5.21. The van der Waals surface area contributed by atoms with Gasteiger partial charge in [-0.1, -0.05) is 11.6 Å². The number of halogens is 1. The summed E-state index contributed by atoms with van der Waals surface area (Å²) < 4.78 is 8.42. The van der Waals surface area contributed by atoms with E-state index in [1.54, 1.807) is 0 Å². The SMILES string of the molecule is COC(=O)C(Cl)OC(C)=O. The van der Waals surface area contributed by atoms with E-state index in [4.69, 9.17) is 11.6 Å². The Morgan fingerprint density at radius 1 is 1.50 bits per heavy atom. The number of hydrogen-bond donors (Lipinski definition) is 0. The molecule has 0 saturated heterocycles. The van der Waals surface area contributed by atoms with Crippen LogP contribution in [0.1, 0.15) is 6.92 Å². The molecule has 5 heteroatoms. The van der Waals surface area contributed by atoms with E-state index in [9.17, 15) is 9.59 Å². The van der Waals surface area contributed by atoms with Crippen molar-refractivity contribution >= 4 is 23.5 Å². The first-order valence-corrected chi connectivity index (χ1v) is 2.90. The maximum absolute atomic E-state index is 10.4. The average Bonchev–Trinajstić information content (AvgIpc) is 1.85. The van der Waals surface area contributed by atoms with Crippen LogP contribution in [0, 0.1) is 0 Å². The molecule has 0 fully saturated rings. The van der Waals surface area contributed by atoms with Gasteiger partial charge < -0.3 is 9.47 Å². The van der Waals surface area contributed by atoms with E-state index in [1.165, 1.54) is 0 Å². The zero-order valence-electron chi connectivity index (χ0n) is 5.59. The van der Waals surface area contributed by atoms with Crippen LogP contribution in [0.4, 0.5) is 0 Å². The summed E-state index contributed by atoms with van der Waals surface area (Å²) in [6.45, 7) is 1.15. The summed E-state index contributed by atoms with van der Waals surface area (Å²) in [5, 5.41) is 0. The van der Waals surface area contributed by atoms with E-state index >= 15 is 0 Å². The Morgan fingerprint density at radius 2 is 2.00 bits per heavy atom. The van der Waals surface area contributed by atoms with Crippen LogP contribution < -0.4 is 0 Å². The fourth-order valence-corrected chi connectivity index (χ4v) is 0.501. The minimum absolute atomic E-state index is 0.620. The van der Waals surface area contributed by atoms with Crippen molar-refractivity contribution in [2.45, 2.75) is 12.5 Å². The van der Waals surface area contributed by atoms with Crippen molar-refractivity contribution in [3.05, 3.63) is 0 Å². The van der Waals surface area contributed by atoms with Gasteiger partial charge in [0.2, 0.25) is 0 Å². The highest BCUT2D eigenvalue weighted by molar-refractivity contribution is 6.29. The molecule has 0 aliphatic carbocycles. The van der Waals surface area contributed by atoms with Gasteiger partial charge >= 0.3 is 11.9 Å². The molecule has 1 atom stereocenters. The molecule has 4 nitrogen and oxygen atoms in total. The summed E-state index contributed by atoms with van der Waals surface area (Å²) in [4.78, 5) is 20.6. The summed E-state index contributed by atoms with van der Waals surface area (Å²) in [5.74, 6) is -1.40. The minimum Gasteiger partial charge on any atom is -0.465 e. The van der Waals surface area contributed by atoms with Gasteiger partial charge in [-0.05, 0) is 0 Å². The molecule has 0 aliphatic heterocycles. The first-order valence-electron chi connectivity index (χ1n) is 2.47. The summed E-state index contributed by atoms with van der Waals surface area (Å²) in [5.41, 5.74) is -1.33. The normalized spacial score (nSPS) is 11.9. The van der Waals surface area contributed by atoms with E-state index < -0.39 is 17.5 Å². The lowest BCUT2D eigenvalue weighted by Crippen LogP contribution is -2.21. The Labute approximate surface area is 63.1 Å². The zero-order chi connectivity index (χ0) is 8.15. The Bertz CT molecular complexity index is 145. The van der Waals surface area contributed by atoms with Crippen LogP contribution in [0.25, 0.3) is 0 Å². The summed E-state index contributed by atoms with van der Waals surface area (Å²) in [7, 11) is 1.15. The number of carbonyl (C=O) groups excluding carboxylic acids is 2. The maximum atomic E-state index is 10.4. The molecule has 1 unspecified atom stereocenters. The highest BCUT2D eigenvalue weighted by Crippen LogP contribution is 2.00. The molecule has 0 saturated carbocycles. The summed E-state index contributed by atoms with van der Waals surface area (Å²) in [6, 6.07) is 0. The fourth-order valence-electron chi connectivity index (χ4n) is 0.286. The van der Waals surface area contributed by atoms with Crippen LogP contribution in [0.15, 0.2) is 0 Å². The van der Waals surface area contributed by atoms with E-state index in [1.807, 2.05) is 0 Å². The molecule has 58 valence electrons. The molecule has 10 heavy (non-hydrogen) atoms. The van der Waals surface area contributed by atoms with E-state index in [2.05, 4.69) is 9.47 Å². The number of rotatable bonds is 2. The number of esters is 2. The van der Waals surface area contributed by atoms with E-state index in [0.717, 1.165) is 14.0 Å². The van der Waals surface area contributed by atoms with Gasteiger partial charge in [0, 0.05) is 6.92 Å². The van der Waals surface area contributed by atoms with Crippen molar-refractivity contribution in [3.63, 3.8) is 0 Å². The third-order valence-corrected chi connectivity index (χ3v) is 0.923. The highest BCUT2D eigenvalue weighted by atomic mass is 35.5. The predicted molar refractivity (Wildman–Crippen MR) is 33.4 cm³/mol. The van der Waals surface area contributed by atoms with Gasteiger partial charge in [0.1, 0.15) is 0 Å². The zero-order valence-corrected chi connectivity index (χ0v) is 6.34. The molecule has 0 aromatic carbocycles. The van der Waals surface area contributed by atoms with Crippen LogP contribution in [-0.4, -0.2) is 24.6 Å². The Balaban J connectivity index is 3.72. The van der Waals surface area contributed by atoms with E-state index in [0.29, 0.717) is 0 Å². The van der Waals surface area contributed by atoms with Gasteiger partial charge in [-0.15, -0.1) is 0 Å². The summed E-state index contributed by atoms with van der Waals surface area (Å²) in [6.07, 6.45) is 0. The van der Waals surface area contributed by atoms with Crippen LogP contribution in [-0.2, 0) is 19.1 Å². The number of carbonyl (C=O) groups is 2. The molecule has 0 N–H and O–H groups in total. The molecule has 0 heterocycles. The molecule has 0 amide bonds. The quantitative estimate of drug-likeness (QED) is 0.437. The minimum atomic E-state index is -1.33. The highest BCUT2D eigenvalue weighted by Gasteiger charge is 2.17. The van der Waals surface area contributed by atoms with Crippen molar-refractivity contribution in [2.24, 2.45) is 0 Å². The lowest BCUT2D eigenvalue weighted by molar-refractivity contribution is -0.158. The molecule has 0 radical (unpaired) electrons. The monoisotopic (exact) mass is 166 g/mol. The third-order valence-electron chi connectivity index (χ3n) is 0.656. The van der Waals surface area contributed by atoms with Gasteiger partial charge in [0.15, 0.2) is 0 Å². The van der Waals surface area contributed by atoms with Gasteiger partial charge in [-0.2, -0.15) is 0 Å². The van der Waals surface area contributed by atoms with Crippen LogP contribution in [0.5, 0.6) is 0 Å². The van der Waals surface area contributed by atoms with Crippen LogP contribution >= 0.6 is 11.6 Å². The molecular weight excluding hydrogens is 160 g/mol. The molecule has 0 spiro atoms. The van der Waals surface area contributed by atoms with Crippen molar-refractivity contribution in [3.8, 4) is 0 Å². The Morgan fingerprint density at radius 3 is 2.30 bits per heavy atom. The standard InChI is InChI=1S/C5H7ClO4/c1-3(7)10-4(6)5(8)9-2/h4H,1-2H3. The number of hydrogen-bond acceptors (Lipinski definition) is 4. The van der Waals surface area contributed by atoms with Crippen LogP contribution in [0.3, 0.4) is 0 Å². The number of ether oxygens (including phenoxy) is 2. The van der Waals surface area contributed by atoms with Crippen molar-refractivity contribution < 1.29 is 19.1 Å². The molecule has 0 aromatic rings. The maximum Gasteiger partial charge on any atom is 0.363 e. The molecular formula is C5H7ClO4.